The number of hydrogen-bond donors (Lipinski definition) is 2. The Morgan fingerprint density at radius 2 is 1.22 bits per heavy atom. The van der Waals surface area contributed by atoms with E-state index in [2.05, 4.69) is 0 Å². The van der Waals surface area contributed by atoms with E-state index < -0.39 is 11.9 Å². The number of aryl methyl sites for hydroxylation is 2. The van der Waals surface area contributed by atoms with E-state index in [1.54, 1.807) is 38.1 Å². The summed E-state index contributed by atoms with van der Waals surface area (Å²) in [5.74, 6) is -1.81. The zero-order chi connectivity index (χ0) is 17.0. The molecule has 0 bridgehead atoms. The van der Waals surface area contributed by atoms with Crippen molar-refractivity contribution in [3.8, 4) is 11.5 Å². The van der Waals surface area contributed by atoms with Crippen LogP contribution in [-0.2, 0) is 0 Å². The monoisotopic (exact) mass is 316 g/mol. The van der Waals surface area contributed by atoms with E-state index >= 15 is 0 Å². The van der Waals surface area contributed by atoms with E-state index in [9.17, 15) is 9.59 Å². The minimum absolute atomic E-state index is 0.0249. The van der Waals surface area contributed by atoms with Crippen molar-refractivity contribution >= 4 is 11.9 Å². The van der Waals surface area contributed by atoms with Crippen LogP contribution in [-0.4, -0.2) is 28.9 Å². The third-order valence-corrected chi connectivity index (χ3v) is 3.29. The molecule has 6 heteroatoms. The molecule has 0 spiro atoms. The van der Waals surface area contributed by atoms with Gasteiger partial charge in [-0.05, 0) is 37.1 Å². The minimum atomic E-state index is -1.11. The van der Waals surface area contributed by atoms with Gasteiger partial charge in [-0.1, -0.05) is 24.3 Å². The highest BCUT2D eigenvalue weighted by atomic mass is 16.7. The maximum atomic E-state index is 11.2. The van der Waals surface area contributed by atoms with E-state index in [4.69, 9.17) is 19.7 Å². The van der Waals surface area contributed by atoms with Crippen molar-refractivity contribution < 1.29 is 29.3 Å². The largest absolute Gasteiger partial charge is 0.478 e. The lowest BCUT2D eigenvalue weighted by Gasteiger charge is -2.15. The molecule has 0 radical (unpaired) electrons. The first-order chi connectivity index (χ1) is 10.9. The van der Waals surface area contributed by atoms with Crippen molar-refractivity contribution in [3.05, 3.63) is 58.7 Å². The normalized spacial score (nSPS) is 10.2. The van der Waals surface area contributed by atoms with Crippen LogP contribution < -0.4 is 9.47 Å². The van der Waals surface area contributed by atoms with E-state index in [0.29, 0.717) is 11.1 Å². The average Bonchev–Trinajstić information content (AvgIpc) is 2.49. The van der Waals surface area contributed by atoms with Gasteiger partial charge in [0.2, 0.25) is 6.79 Å². The van der Waals surface area contributed by atoms with Crippen molar-refractivity contribution in [1.29, 1.82) is 0 Å². The number of aromatic carboxylic acids is 2. The third-order valence-electron chi connectivity index (χ3n) is 3.29. The Hall–Kier alpha value is -3.02. The minimum Gasteiger partial charge on any atom is -0.478 e. The summed E-state index contributed by atoms with van der Waals surface area (Å²) in [5.41, 5.74) is 1.35. The van der Waals surface area contributed by atoms with Crippen LogP contribution in [0.25, 0.3) is 0 Å². The van der Waals surface area contributed by atoms with Crippen LogP contribution in [0.4, 0.5) is 0 Å². The van der Waals surface area contributed by atoms with Crippen molar-refractivity contribution in [2.45, 2.75) is 13.8 Å². The lowest BCUT2D eigenvalue weighted by molar-refractivity contribution is 0.0679. The predicted molar refractivity (Wildman–Crippen MR) is 82.4 cm³/mol. The number of carboxylic acid groups (broad SMARTS) is 2. The molecule has 0 amide bonds. The van der Waals surface area contributed by atoms with Gasteiger partial charge in [-0.15, -0.1) is 0 Å². The van der Waals surface area contributed by atoms with Gasteiger partial charge in [-0.3, -0.25) is 0 Å². The Labute approximate surface area is 132 Å². The molecule has 120 valence electrons. The fourth-order valence-electron chi connectivity index (χ4n) is 2.17. The molecule has 0 aliphatic carbocycles. The summed E-state index contributed by atoms with van der Waals surface area (Å²) in [7, 11) is 0. The number of para-hydroxylation sites is 2. The summed E-state index contributed by atoms with van der Waals surface area (Å²) in [6.07, 6.45) is 0. The van der Waals surface area contributed by atoms with Crippen molar-refractivity contribution in [3.63, 3.8) is 0 Å². The van der Waals surface area contributed by atoms with E-state index in [1.165, 1.54) is 12.1 Å². The van der Waals surface area contributed by atoms with Gasteiger partial charge in [-0.25, -0.2) is 9.59 Å². The summed E-state index contributed by atoms with van der Waals surface area (Å²) < 4.78 is 10.9. The van der Waals surface area contributed by atoms with Gasteiger partial charge >= 0.3 is 11.9 Å². The van der Waals surface area contributed by atoms with E-state index in [-0.39, 0.29) is 29.4 Å². The van der Waals surface area contributed by atoms with Gasteiger partial charge in [-0.2, -0.15) is 0 Å². The predicted octanol–water partition coefficient (Wildman–Crippen LogP) is 3.12. The van der Waals surface area contributed by atoms with Gasteiger partial charge in [0.25, 0.3) is 0 Å². The van der Waals surface area contributed by atoms with Crippen LogP contribution >= 0.6 is 0 Å². The maximum Gasteiger partial charge on any atom is 0.339 e. The van der Waals surface area contributed by atoms with Crippen molar-refractivity contribution in [2.24, 2.45) is 0 Å². The SMILES string of the molecule is Cc1cccc(C(=O)O)c1OCOc1c(C)cccc1C(=O)O. The van der Waals surface area contributed by atoms with Crippen LogP contribution in [0.15, 0.2) is 36.4 Å². The molecule has 0 saturated carbocycles. The Balaban J connectivity index is 2.19. The number of ether oxygens (including phenoxy) is 2. The molecule has 2 aromatic carbocycles. The van der Waals surface area contributed by atoms with Gasteiger partial charge in [0.15, 0.2) is 0 Å². The van der Waals surface area contributed by atoms with Crippen molar-refractivity contribution in [2.75, 3.05) is 6.79 Å². The summed E-state index contributed by atoms with van der Waals surface area (Å²) in [6, 6.07) is 9.55. The Bertz CT molecular complexity index is 687. The highest BCUT2D eigenvalue weighted by Gasteiger charge is 2.16. The molecule has 0 aliphatic heterocycles. The smallest absolute Gasteiger partial charge is 0.339 e. The molecule has 2 N–H and O–H groups in total. The molecule has 0 heterocycles. The topological polar surface area (TPSA) is 93.1 Å². The Morgan fingerprint density at radius 3 is 1.57 bits per heavy atom. The van der Waals surface area contributed by atoms with Gasteiger partial charge in [0.1, 0.15) is 22.6 Å². The number of hydrogen-bond acceptors (Lipinski definition) is 4. The average molecular weight is 316 g/mol. The zero-order valence-electron chi connectivity index (χ0n) is 12.7. The van der Waals surface area contributed by atoms with E-state index in [1.807, 2.05) is 0 Å². The van der Waals surface area contributed by atoms with Crippen LogP contribution in [0.3, 0.4) is 0 Å². The summed E-state index contributed by atoms with van der Waals surface area (Å²) in [4.78, 5) is 22.4. The molecule has 0 atom stereocenters. The molecular weight excluding hydrogens is 300 g/mol. The van der Waals surface area contributed by atoms with Crippen LogP contribution in [0.5, 0.6) is 11.5 Å². The zero-order valence-corrected chi connectivity index (χ0v) is 12.7. The van der Waals surface area contributed by atoms with Gasteiger partial charge in [0.05, 0.1) is 0 Å². The molecule has 0 aromatic heterocycles. The number of rotatable bonds is 6. The summed E-state index contributed by atoms with van der Waals surface area (Å²) in [5, 5.41) is 18.3. The number of carbonyl (C=O) groups is 2. The molecule has 2 aromatic rings. The lowest BCUT2D eigenvalue weighted by atomic mass is 10.1. The van der Waals surface area contributed by atoms with Gasteiger partial charge in [0, 0.05) is 0 Å². The maximum absolute atomic E-state index is 11.2. The molecule has 0 saturated heterocycles. The van der Waals surface area contributed by atoms with Crippen molar-refractivity contribution in [1.82, 2.24) is 0 Å². The fraction of sp³-hybridized carbons (Fsp3) is 0.176. The second-order valence-electron chi connectivity index (χ2n) is 4.92. The Kier molecular flexibility index (Phi) is 4.85. The van der Waals surface area contributed by atoms with Crippen LogP contribution in [0.2, 0.25) is 0 Å². The first kappa shape index (κ1) is 16.4. The molecule has 23 heavy (non-hydrogen) atoms. The first-order valence-electron chi connectivity index (χ1n) is 6.83. The first-order valence-corrected chi connectivity index (χ1v) is 6.83. The quantitative estimate of drug-likeness (QED) is 0.795. The summed E-state index contributed by atoms with van der Waals surface area (Å²) in [6.45, 7) is 3.15. The molecule has 0 aliphatic rings. The standard InChI is InChI=1S/C17H16O6/c1-10-5-3-7-12(16(18)19)14(10)22-9-23-15-11(2)6-4-8-13(15)17(20)21/h3-8H,9H2,1-2H3,(H,18,19)(H,20,21). The fourth-order valence-corrected chi connectivity index (χ4v) is 2.17. The Morgan fingerprint density at radius 1 is 0.826 bits per heavy atom. The molecule has 6 nitrogen and oxygen atoms in total. The highest BCUT2D eigenvalue weighted by molar-refractivity contribution is 5.92. The molecular formula is C17H16O6. The number of benzene rings is 2. The van der Waals surface area contributed by atoms with Crippen LogP contribution in [0.1, 0.15) is 31.8 Å². The molecule has 0 unspecified atom stereocenters. The third kappa shape index (κ3) is 3.60. The van der Waals surface area contributed by atoms with Crippen LogP contribution in [0, 0.1) is 13.8 Å². The second-order valence-corrected chi connectivity index (χ2v) is 4.92. The number of carboxylic acids is 2. The summed E-state index contributed by atoms with van der Waals surface area (Å²) >= 11 is 0. The van der Waals surface area contributed by atoms with Gasteiger partial charge < -0.3 is 19.7 Å². The molecule has 0 fully saturated rings. The second kappa shape index (κ2) is 6.83. The molecule has 2 rings (SSSR count). The highest BCUT2D eigenvalue weighted by Crippen LogP contribution is 2.26. The van der Waals surface area contributed by atoms with E-state index in [0.717, 1.165) is 0 Å². The lowest BCUT2D eigenvalue weighted by Crippen LogP contribution is -2.13.